The smallest absolute Gasteiger partial charge is 0.0467 e. The zero-order valence-corrected chi connectivity index (χ0v) is 27.1. The lowest BCUT2D eigenvalue weighted by Crippen LogP contribution is -2.09. The molecule has 0 saturated carbocycles. The Hall–Kier alpha value is -5.96. The minimum Gasteiger partial charge on any atom is -0.310 e. The van der Waals surface area contributed by atoms with Crippen LogP contribution in [0.1, 0.15) is 0 Å². The van der Waals surface area contributed by atoms with Crippen molar-refractivity contribution in [1.29, 1.82) is 0 Å². The second-order valence-corrected chi connectivity index (χ2v) is 13.2. The summed E-state index contributed by atoms with van der Waals surface area (Å²) in [6, 6.07) is 68.0. The van der Waals surface area contributed by atoms with Gasteiger partial charge in [0.25, 0.3) is 0 Å². The van der Waals surface area contributed by atoms with Crippen LogP contribution in [0.4, 0.5) is 17.1 Å². The molecule has 0 atom stereocenters. The van der Waals surface area contributed by atoms with E-state index in [1.54, 1.807) is 0 Å². The minimum absolute atomic E-state index is 1.12. The van der Waals surface area contributed by atoms with Gasteiger partial charge in [-0.05, 0) is 92.7 Å². The first-order valence-corrected chi connectivity index (χ1v) is 17.2. The molecule has 0 saturated heterocycles. The Morgan fingerprint density at radius 1 is 0.333 bits per heavy atom. The molecule has 0 radical (unpaired) electrons. The number of thiophene rings is 1. The molecule has 0 spiro atoms. The standard InChI is InChI=1S/C46H31NS/c1-3-11-32(12-4-1)33-21-23-34(24-22-33)36-15-9-18-41(29-36)47(39-16-5-2-6-17-39)40-27-25-35(26-28-40)42-19-10-20-43-44-30-37-13-7-8-14-38(37)31-45(44)48-46(42)43/h1-31H. The first-order chi connectivity index (χ1) is 23.8. The summed E-state index contributed by atoms with van der Waals surface area (Å²) >= 11 is 1.89. The van der Waals surface area contributed by atoms with Gasteiger partial charge in [0.1, 0.15) is 0 Å². The second-order valence-electron chi connectivity index (χ2n) is 12.2. The molecule has 1 aromatic heterocycles. The van der Waals surface area contributed by atoms with E-state index in [2.05, 4.69) is 193 Å². The van der Waals surface area contributed by atoms with Crippen molar-refractivity contribution in [2.45, 2.75) is 0 Å². The molecule has 0 aliphatic rings. The zero-order valence-electron chi connectivity index (χ0n) is 26.3. The molecule has 0 fully saturated rings. The molecule has 0 bridgehead atoms. The molecule has 0 aliphatic carbocycles. The van der Waals surface area contributed by atoms with Gasteiger partial charge in [-0.3, -0.25) is 0 Å². The van der Waals surface area contributed by atoms with Gasteiger partial charge >= 0.3 is 0 Å². The normalized spacial score (nSPS) is 11.3. The van der Waals surface area contributed by atoms with E-state index in [1.165, 1.54) is 64.3 Å². The lowest BCUT2D eigenvalue weighted by molar-refractivity contribution is 1.28. The van der Waals surface area contributed by atoms with Crippen molar-refractivity contribution in [3.63, 3.8) is 0 Å². The highest BCUT2D eigenvalue weighted by Gasteiger charge is 2.15. The average molecular weight is 630 g/mol. The summed E-state index contributed by atoms with van der Waals surface area (Å²) < 4.78 is 2.67. The van der Waals surface area contributed by atoms with E-state index >= 15 is 0 Å². The summed E-state index contributed by atoms with van der Waals surface area (Å²) in [6.07, 6.45) is 0. The number of anilines is 3. The van der Waals surface area contributed by atoms with Crippen LogP contribution in [0, 0.1) is 0 Å². The van der Waals surface area contributed by atoms with Crippen LogP contribution in [0.2, 0.25) is 0 Å². The first-order valence-electron chi connectivity index (χ1n) is 16.3. The number of benzene rings is 8. The highest BCUT2D eigenvalue weighted by Crippen LogP contribution is 2.43. The molecule has 0 unspecified atom stereocenters. The third kappa shape index (κ3) is 5.13. The third-order valence-electron chi connectivity index (χ3n) is 9.25. The summed E-state index contributed by atoms with van der Waals surface area (Å²) in [6.45, 7) is 0. The summed E-state index contributed by atoms with van der Waals surface area (Å²) in [7, 11) is 0. The molecule has 9 aromatic rings. The number of hydrogen-bond acceptors (Lipinski definition) is 2. The van der Waals surface area contributed by atoms with Crippen LogP contribution < -0.4 is 4.90 Å². The van der Waals surface area contributed by atoms with Crippen molar-refractivity contribution >= 4 is 59.3 Å². The van der Waals surface area contributed by atoms with Crippen molar-refractivity contribution in [3.05, 3.63) is 188 Å². The summed E-state index contributed by atoms with van der Waals surface area (Å²) in [5.41, 5.74) is 10.7. The fraction of sp³-hybridized carbons (Fsp3) is 0. The van der Waals surface area contributed by atoms with Crippen LogP contribution in [0.5, 0.6) is 0 Å². The van der Waals surface area contributed by atoms with Crippen molar-refractivity contribution < 1.29 is 0 Å². The lowest BCUT2D eigenvalue weighted by atomic mass is 9.99. The molecule has 0 amide bonds. The molecule has 226 valence electrons. The molecule has 9 rings (SSSR count). The maximum Gasteiger partial charge on any atom is 0.0467 e. The Bertz CT molecular complexity index is 2530. The molecule has 1 heterocycles. The number of rotatable bonds is 6. The van der Waals surface area contributed by atoms with Crippen molar-refractivity contribution in [1.82, 2.24) is 0 Å². The topological polar surface area (TPSA) is 3.24 Å². The van der Waals surface area contributed by atoms with Gasteiger partial charge in [0.15, 0.2) is 0 Å². The van der Waals surface area contributed by atoms with Crippen LogP contribution in [-0.4, -0.2) is 0 Å². The van der Waals surface area contributed by atoms with Gasteiger partial charge in [0.05, 0.1) is 0 Å². The van der Waals surface area contributed by atoms with E-state index in [-0.39, 0.29) is 0 Å². The van der Waals surface area contributed by atoms with Crippen LogP contribution in [0.25, 0.3) is 64.3 Å². The molecule has 2 heteroatoms. The number of fused-ring (bicyclic) bond motifs is 4. The van der Waals surface area contributed by atoms with E-state index in [0.29, 0.717) is 0 Å². The average Bonchev–Trinajstić information content (AvgIpc) is 3.53. The second kappa shape index (κ2) is 12.0. The fourth-order valence-corrected chi connectivity index (χ4v) is 8.10. The van der Waals surface area contributed by atoms with Crippen molar-refractivity contribution in [3.8, 4) is 33.4 Å². The van der Waals surface area contributed by atoms with Crippen molar-refractivity contribution in [2.24, 2.45) is 0 Å². The molecule has 48 heavy (non-hydrogen) atoms. The van der Waals surface area contributed by atoms with E-state index in [0.717, 1.165) is 17.1 Å². The highest BCUT2D eigenvalue weighted by atomic mass is 32.1. The fourth-order valence-electron chi connectivity index (χ4n) is 6.84. The molecule has 8 aromatic carbocycles. The quantitative estimate of drug-likeness (QED) is 0.177. The van der Waals surface area contributed by atoms with Crippen LogP contribution in [0.15, 0.2) is 188 Å². The summed E-state index contributed by atoms with van der Waals surface area (Å²) in [5.74, 6) is 0. The van der Waals surface area contributed by atoms with E-state index in [4.69, 9.17) is 0 Å². The van der Waals surface area contributed by atoms with Crippen molar-refractivity contribution in [2.75, 3.05) is 4.90 Å². The Kier molecular flexibility index (Phi) is 7.07. The van der Waals surface area contributed by atoms with E-state index in [1.807, 2.05) is 11.3 Å². The Morgan fingerprint density at radius 2 is 0.875 bits per heavy atom. The lowest BCUT2D eigenvalue weighted by Gasteiger charge is -2.26. The van der Waals surface area contributed by atoms with Crippen LogP contribution >= 0.6 is 11.3 Å². The largest absolute Gasteiger partial charge is 0.310 e. The highest BCUT2D eigenvalue weighted by molar-refractivity contribution is 7.26. The van der Waals surface area contributed by atoms with E-state index < -0.39 is 0 Å². The van der Waals surface area contributed by atoms with Gasteiger partial charge in [-0.15, -0.1) is 11.3 Å². The Labute approximate surface area is 284 Å². The monoisotopic (exact) mass is 629 g/mol. The third-order valence-corrected chi connectivity index (χ3v) is 10.4. The maximum absolute atomic E-state index is 2.35. The molecule has 0 N–H and O–H groups in total. The number of para-hydroxylation sites is 1. The predicted octanol–water partition coefficient (Wildman–Crippen LogP) is 13.7. The molecular weight excluding hydrogens is 599 g/mol. The Balaban J connectivity index is 1.09. The van der Waals surface area contributed by atoms with Gasteiger partial charge in [0, 0.05) is 37.2 Å². The van der Waals surface area contributed by atoms with E-state index in [9.17, 15) is 0 Å². The van der Waals surface area contributed by atoms with Gasteiger partial charge in [-0.25, -0.2) is 0 Å². The van der Waals surface area contributed by atoms with Gasteiger partial charge in [-0.2, -0.15) is 0 Å². The summed E-state index contributed by atoms with van der Waals surface area (Å²) in [5, 5.41) is 5.23. The number of nitrogens with zero attached hydrogens (tertiary/aromatic N) is 1. The van der Waals surface area contributed by atoms with Gasteiger partial charge in [0.2, 0.25) is 0 Å². The predicted molar refractivity (Wildman–Crippen MR) is 208 cm³/mol. The molecule has 0 aliphatic heterocycles. The maximum atomic E-state index is 2.35. The molecule has 1 nitrogen and oxygen atoms in total. The van der Waals surface area contributed by atoms with Crippen LogP contribution in [-0.2, 0) is 0 Å². The van der Waals surface area contributed by atoms with Crippen LogP contribution in [0.3, 0.4) is 0 Å². The number of hydrogen-bond donors (Lipinski definition) is 0. The van der Waals surface area contributed by atoms with Gasteiger partial charge < -0.3 is 4.90 Å². The minimum atomic E-state index is 1.12. The first kappa shape index (κ1) is 28.3. The zero-order chi connectivity index (χ0) is 31.9. The summed E-state index contributed by atoms with van der Waals surface area (Å²) in [4.78, 5) is 2.34. The molecular formula is C46H31NS. The Morgan fingerprint density at radius 3 is 1.62 bits per heavy atom. The van der Waals surface area contributed by atoms with Gasteiger partial charge in [-0.1, -0.05) is 140 Å². The SMILES string of the molecule is c1ccc(-c2ccc(-c3cccc(N(c4ccccc4)c4ccc(-c5cccc6c5sc5cc7ccccc7cc56)cc4)c3)cc2)cc1.